The van der Waals surface area contributed by atoms with Crippen LogP contribution in [0.25, 0.3) is 22.3 Å². The fourth-order valence-electron chi connectivity index (χ4n) is 5.43. The summed E-state index contributed by atoms with van der Waals surface area (Å²) in [5.41, 5.74) is 4.86. The Morgan fingerprint density at radius 3 is 1.67 bits per heavy atom. The lowest BCUT2D eigenvalue weighted by Gasteiger charge is -2.16. The quantitative estimate of drug-likeness (QED) is 0.102. The standard InChI is InChI=1S/C43H36F3NO5/c44-35-15-11-32(12-16-35)38-27-36(17-20-42(38)52-24-22-50-29-31-9-5-2-6-10-31)47-43(48)34-14-19-41(37(25-34)33-13-18-39(45)40(46)26-33)51-23-21-49-28-30-7-3-1-4-8-30/h1-20,25-27H,21-24,28-29H2,(H,47,48). The van der Waals surface area contributed by atoms with Gasteiger partial charge in [-0.15, -0.1) is 0 Å². The van der Waals surface area contributed by atoms with E-state index < -0.39 is 17.5 Å². The van der Waals surface area contributed by atoms with E-state index in [9.17, 15) is 18.0 Å². The van der Waals surface area contributed by atoms with Crippen molar-refractivity contribution in [3.63, 3.8) is 0 Å². The number of benzene rings is 6. The summed E-state index contributed by atoms with van der Waals surface area (Å²) in [7, 11) is 0. The molecule has 0 atom stereocenters. The normalized spacial score (nSPS) is 10.9. The molecule has 0 heterocycles. The van der Waals surface area contributed by atoms with E-state index in [1.165, 1.54) is 18.2 Å². The Morgan fingerprint density at radius 1 is 0.519 bits per heavy atom. The Hall–Kier alpha value is -5.90. The van der Waals surface area contributed by atoms with Gasteiger partial charge in [0.2, 0.25) is 0 Å². The van der Waals surface area contributed by atoms with Crippen molar-refractivity contribution in [2.45, 2.75) is 13.2 Å². The number of ether oxygens (including phenoxy) is 4. The first-order valence-electron chi connectivity index (χ1n) is 16.7. The number of carbonyl (C=O) groups is 1. The van der Waals surface area contributed by atoms with Gasteiger partial charge in [0.1, 0.15) is 30.5 Å². The van der Waals surface area contributed by atoms with Gasteiger partial charge in [0.15, 0.2) is 11.6 Å². The molecule has 6 rings (SSSR count). The van der Waals surface area contributed by atoms with Crippen molar-refractivity contribution in [1.29, 1.82) is 0 Å². The zero-order valence-electron chi connectivity index (χ0n) is 28.2. The van der Waals surface area contributed by atoms with Crippen molar-refractivity contribution >= 4 is 11.6 Å². The minimum atomic E-state index is -1.03. The molecule has 0 aromatic heterocycles. The number of amides is 1. The van der Waals surface area contributed by atoms with Gasteiger partial charge in [-0.3, -0.25) is 4.79 Å². The van der Waals surface area contributed by atoms with Gasteiger partial charge < -0.3 is 24.3 Å². The van der Waals surface area contributed by atoms with Crippen LogP contribution in [-0.4, -0.2) is 32.3 Å². The third-order valence-corrected chi connectivity index (χ3v) is 8.06. The van der Waals surface area contributed by atoms with E-state index in [1.54, 1.807) is 48.5 Å². The highest BCUT2D eigenvalue weighted by Crippen LogP contribution is 2.35. The molecule has 6 aromatic carbocycles. The molecule has 0 radical (unpaired) electrons. The molecule has 0 saturated heterocycles. The van der Waals surface area contributed by atoms with Gasteiger partial charge in [-0.25, -0.2) is 13.2 Å². The maximum atomic E-state index is 14.3. The summed E-state index contributed by atoms with van der Waals surface area (Å²) in [5.74, 6) is -1.94. The highest BCUT2D eigenvalue weighted by molar-refractivity contribution is 6.05. The first-order chi connectivity index (χ1) is 25.4. The molecular weight excluding hydrogens is 667 g/mol. The Morgan fingerprint density at radius 2 is 1.08 bits per heavy atom. The SMILES string of the molecule is O=C(Nc1ccc(OCCOCc2ccccc2)c(-c2ccc(F)cc2)c1)c1ccc(OCCOCc2ccccc2)c(-c2ccc(F)c(F)c2)c1. The molecule has 0 aliphatic rings. The van der Waals surface area contributed by atoms with Crippen molar-refractivity contribution in [1.82, 2.24) is 0 Å². The van der Waals surface area contributed by atoms with Crippen LogP contribution in [0.4, 0.5) is 18.9 Å². The Kier molecular flexibility index (Phi) is 12.3. The number of hydrogen-bond donors (Lipinski definition) is 1. The van der Waals surface area contributed by atoms with Gasteiger partial charge >= 0.3 is 0 Å². The summed E-state index contributed by atoms with van der Waals surface area (Å²) in [6.45, 7) is 1.95. The van der Waals surface area contributed by atoms with Crippen LogP contribution in [0, 0.1) is 17.5 Å². The summed E-state index contributed by atoms with van der Waals surface area (Å²) >= 11 is 0. The van der Waals surface area contributed by atoms with Crippen LogP contribution in [0.2, 0.25) is 0 Å². The van der Waals surface area contributed by atoms with Crippen LogP contribution in [0.3, 0.4) is 0 Å². The highest BCUT2D eigenvalue weighted by atomic mass is 19.2. The average molecular weight is 704 g/mol. The molecule has 1 amide bonds. The Balaban J connectivity index is 1.16. The summed E-state index contributed by atoms with van der Waals surface area (Å²) in [6.07, 6.45) is 0. The van der Waals surface area contributed by atoms with E-state index in [4.69, 9.17) is 18.9 Å². The van der Waals surface area contributed by atoms with Crippen molar-refractivity contribution in [2.75, 3.05) is 31.7 Å². The molecule has 0 aliphatic carbocycles. The number of carbonyl (C=O) groups excluding carboxylic acids is 1. The molecular formula is C43H36F3NO5. The number of anilines is 1. The average Bonchev–Trinajstić information content (AvgIpc) is 3.17. The molecule has 0 bridgehead atoms. The van der Waals surface area contributed by atoms with Crippen molar-refractivity contribution in [3.8, 4) is 33.8 Å². The van der Waals surface area contributed by atoms with Gasteiger partial charge in [-0.2, -0.15) is 0 Å². The molecule has 6 nitrogen and oxygen atoms in total. The third kappa shape index (κ3) is 9.87. The van der Waals surface area contributed by atoms with Crippen molar-refractivity contribution in [3.05, 3.63) is 174 Å². The van der Waals surface area contributed by atoms with Gasteiger partial charge in [-0.05, 0) is 82.9 Å². The van der Waals surface area contributed by atoms with Crippen LogP contribution in [0.15, 0.2) is 140 Å². The predicted molar refractivity (Wildman–Crippen MR) is 195 cm³/mol. The molecule has 0 saturated carbocycles. The topological polar surface area (TPSA) is 66.0 Å². The number of nitrogens with one attached hydrogen (secondary N) is 1. The summed E-state index contributed by atoms with van der Waals surface area (Å²) in [6, 6.07) is 39.0. The van der Waals surface area contributed by atoms with Gasteiger partial charge in [0.25, 0.3) is 5.91 Å². The van der Waals surface area contributed by atoms with Gasteiger partial charge in [-0.1, -0.05) is 78.9 Å². The molecule has 0 aliphatic heterocycles. The van der Waals surface area contributed by atoms with E-state index in [2.05, 4.69) is 5.32 Å². The first kappa shape index (κ1) is 35.9. The maximum absolute atomic E-state index is 14.3. The largest absolute Gasteiger partial charge is 0.491 e. The van der Waals surface area contributed by atoms with E-state index in [0.29, 0.717) is 59.3 Å². The second-order valence-electron chi connectivity index (χ2n) is 11.8. The van der Waals surface area contributed by atoms with E-state index in [0.717, 1.165) is 23.3 Å². The summed E-state index contributed by atoms with van der Waals surface area (Å²) in [4.78, 5) is 13.6. The lowest BCUT2D eigenvalue weighted by molar-refractivity contribution is 0.0890. The number of hydrogen-bond acceptors (Lipinski definition) is 5. The number of halogens is 3. The van der Waals surface area contributed by atoms with Crippen molar-refractivity contribution in [2.24, 2.45) is 0 Å². The smallest absolute Gasteiger partial charge is 0.255 e. The maximum Gasteiger partial charge on any atom is 0.255 e. The molecule has 1 N–H and O–H groups in total. The first-order valence-corrected chi connectivity index (χ1v) is 16.7. The molecule has 0 fully saturated rings. The summed E-state index contributed by atoms with van der Waals surface area (Å²) in [5, 5.41) is 2.91. The van der Waals surface area contributed by atoms with Crippen LogP contribution < -0.4 is 14.8 Å². The second-order valence-corrected chi connectivity index (χ2v) is 11.8. The minimum absolute atomic E-state index is 0.189. The molecule has 6 aromatic rings. The minimum Gasteiger partial charge on any atom is -0.491 e. The summed E-state index contributed by atoms with van der Waals surface area (Å²) < 4.78 is 65.5. The molecule has 264 valence electrons. The fourth-order valence-corrected chi connectivity index (χ4v) is 5.43. The van der Waals surface area contributed by atoms with E-state index in [-0.39, 0.29) is 31.2 Å². The van der Waals surface area contributed by atoms with Gasteiger partial charge in [0, 0.05) is 22.4 Å². The monoisotopic (exact) mass is 703 g/mol. The molecule has 9 heteroatoms. The lowest BCUT2D eigenvalue weighted by Crippen LogP contribution is -2.13. The lowest BCUT2D eigenvalue weighted by atomic mass is 10.0. The van der Waals surface area contributed by atoms with E-state index in [1.807, 2.05) is 60.7 Å². The Labute approximate surface area is 300 Å². The molecule has 0 unspecified atom stereocenters. The second kappa shape index (κ2) is 17.8. The Bertz CT molecular complexity index is 2080. The molecule has 0 spiro atoms. The fraction of sp³-hybridized carbons (Fsp3) is 0.140. The predicted octanol–water partition coefficient (Wildman–Crippen LogP) is 9.88. The third-order valence-electron chi connectivity index (χ3n) is 8.06. The van der Waals surface area contributed by atoms with E-state index >= 15 is 0 Å². The zero-order chi connectivity index (χ0) is 36.1. The zero-order valence-corrected chi connectivity index (χ0v) is 28.2. The molecule has 52 heavy (non-hydrogen) atoms. The highest BCUT2D eigenvalue weighted by Gasteiger charge is 2.16. The van der Waals surface area contributed by atoms with Crippen molar-refractivity contribution < 1.29 is 36.9 Å². The number of rotatable bonds is 16. The van der Waals surface area contributed by atoms with Crippen LogP contribution in [-0.2, 0) is 22.7 Å². The van der Waals surface area contributed by atoms with Crippen LogP contribution in [0.1, 0.15) is 21.5 Å². The van der Waals surface area contributed by atoms with Crippen LogP contribution in [0.5, 0.6) is 11.5 Å². The van der Waals surface area contributed by atoms with Crippen LogP contribution >= 0.6 is 0 Å². The van der Waals surface area contributed by atoms with Gasteiger partial charge in [0.05, 0.1) is 26.4 Å².